The van der Waals surface area contributed by atoms with E-state index in [0.717, 1.165) is 0 Å². The molecule has 0 heterocycles. The monoisotopic (exact) mass is 259 g/mol. The van der Waals surface area contributed by atoms with E-state index in [4.69, 9.17) is 10.8 Å². The molecule has 76 valence electrons. The summed E-state index contributed by atoms with van der Waals surface area (Å²) in [5.74, 6) is -0.892. The van der Waals surface area contributed by atoms with E-state index >= 15 is 0 Å². The van der Waals surface area contributed by atoms with E-state index in [1.54, 1.807) is 6.07 Å². The molecule has 1 aromatic rings. The largest absolute Gasteiger partial charge is 0.508 e. The van der Waals surface area contributed by atoms with Crippen LogP contribution in [0.5, 0.6) is 5.75 Å². The highest BCUT2D eigenvalue weighted by Gasteiger charge is 2.13. The zero-order valence-electron chi connectivity index (χ0n) is 7.27. The van der Waals surface area contributed by atoms with Crippen molar-refractivity contribution in [1.29, 1.82) is 0 Å². The van der Waals surface area contributed by atoms with Crippen LogP contribution in [-0.4, -0.2) is 16.2 Å². The van der Waals surface area contributed by atoms with Gasteiger partial charge in [0.15, 0.2) is 0 Å². The number of aromatic hydroxyl groups is 1. The van der Waals surface area contributed by atoms with Gasteiger partial charge in [-0.1, -0.05) is 15.9 Å². The van der Waals surface area contributed by atoms with Crippen molar-refractivity contribution in [3.05, 3.63) is 28.2 Å². The minimum Gasteiger partial charge on any atom is -0.508 e. The van der Waals surface area contributed by atoms with Gasteiger partial charge in [0.05, 0.1) is 6.42 Å². The van der Waals surface area contributed by atoms with Crippen LogP contribution in [0.3, 0.4) is 0 Å². The van der Waals surface area contributed by atoms with Crippen LogP contribution in [-0.2, 0) is 4.79 Å². The summed E-state index contributed by atoms with van der Waals surface area (Å²) >= 11 is 3.24. The molecule has 4 nitrogen and oxygen atoms in total. The molecule has 0 radical (unpaired) electrons. The van der Waals surface area contributed by atoms with Crippen molar-refractivity contribution in [2.75, 3.05) is 0 Å². The van der Waals surface area contributed by atoms with Crippen molar-refractivity contribution < 1.29 is 15.0 Å². The molecule has 0 fully saturated rings. The highest BCUT2D eigenvalue weighted by atomic mass is 79.9. The molecule has 0 spiro atoms. The summed E-state index contributed by atoms with van der Waals surface area (Å²) in [4.78, 5) is 10.4. The van der Waals surface area contributed by atoms with E-state index in [1.807, 2.05) is 0 Å². The van der Waals surface area contributed by atoms with E-state index in [0.29, 0.717) is 10.0 Å². The normalized spacial score (nSPS) is 12.4. The maximum Gasteiger partial charge on any atom is 0.305 e. The van der Waals surface area contributed by atoms with Gasteiger partial charge in [-0.25, -0.2) is 0 Å². The third kappa shape index (κ3) is 2.71. The van der Waals surface area contributed by atoms with Crippen LogP contribution in [0, 0.1) is 0 Å². The number of phenolic OH excluding ortho intramolecular Hbond substituents is 1. The number of hydrogen-bond acceptors (Lipinski definition) is 3. The van der Waals surface area contributed by atoms with Gasteiger partial charge < -0.3 is 15.9 Å². The van der Waals surface area contributed by atoms with Crippen LogP contribution in [0.4, 0.5) is 0 Å². The second-order valence-corrected chi connectivity index (χ2v) is 3.76. The Kier molecular flexibility index (Phi) is 3.49. The van der Waals surface area contributed by atoms with Gasteiger partial charge >= 0.3 is 5.97 Å². The fourth-order valence-electron chi connectivity index (χ4n) is 1.11. The summed E-state index contributed by atoms with van der Waals surface area (Å²) in [5, 5.41) is 17.7. The molecule has 0 bridgehead atoms. The molecular formula is C9H10BrNO3. The summed E-state index contributed by atoms with van der Waals surface area (Å²) in [6.07, 6.45) is -0.165. The number of carboxylic acid groups (broad SMARTS) is 1. The fourth-order valence-corrected chi connectivity index (χ4v) is 1.65. The Balaban J connectivity index is 2.93. The Morgan fingerprint density at radius 2 is 2.21 bits per heavy atom. The van der Waals surface area contributed by atoms with E-state index in [-0.39, 0.29) is 12.2 Å². The molecule has 1 atom stereocenters. The number of halogens is 1. The summed E-state index contributed by atoms with van der Waals surface area (Å²) in [5.41, 5.74) is 6.23. The zero-order valence-corrected chi connectivity index (χ0v) is 8.86. The second-order valence-electron chi connectivity index (χ2n) is 2.91. The predicted molar refractivity (Wildman–Crippen MR) is 55.0 cm³/mol. The maximum absolute atomic E-state index is 10.4. The molecule has 0 aromatic heterocycles. The minimum absolute atomic E-state index is 0.0732. The van der Waals surface area contributed by atoms with Crippen molar-refractivity contribution in [1.82, 2.24) is 0 Å². The van der Waals surface area contributed by atoms with Crippen molar-refractivity contribution in [2.24, 2.45) is 5.73 Å². The van der Waals surface area contributed by atoms with Gasteiger partial charge in [-0.2, -0.15) is 0 Å². The fraction of sp³-hybridized carbons (Fsp3) is 0.222. The van der Waals surface area contributed by atoms with Gasteiger partial charge in [-0.15, -0.1) is 0 Å². The van der Waals surface area contributed by atoms with Crippen molar-refractivity contribution >= 4 is 21.9 Å². The Bertz CT molecular complexity index is 354. The van der Waals surface area contributed by atoms with Gasteiger partial charge in [0.1, 0.15) is 5.75 Å². The van der Waals surface area contributed by atoms with Gasteiger partial charge in [0.25, 0.3) is 0 Å². The van der Waals surface area contributed by atoms with Crippen LogP contribution in [0.2, 0.25) is 0 Å². The van der Waals surface area contributed by atoms with Crippen LogP contribution < -0.4 is 5.73 Å². The van der Waals surface area contributed by atoms with Crippen LogP contribution in [0.25, 0.3) is 0 Å². The number of phenols is 1. The van der Waals surface area contributed by atoms with Gasteiger partial charge in [0, 0.05) is 10.5 Å². The number of carbonyl (C=O) groups is 1. The average molecular weight is 260 g/mol. The first-order chi connectivity index (χ1) is 6.50. The third-order valence-corrected chi connectivity index (χ3v) is 2.50. The highest BCUT2D eigenvalue weighted by Crippen LogP contribution is 2.27. The minimum atomic E-state index is -0.965. The predicted octanol–water partition coefficient (Wildman–Crippen LogP) is 1.63. The van der Waals surface area contributed by atoms with E-state index in [1.165, 1.54) is 12.1 Å². The molecule has 5 heteroatoms. The van der Waals surface area contributed by atoms with Gasteiger partial charge in [-0.3, -0.25) is 4.79 Å². The molecule has 4 N–H and O–H groups in total. The third-order valence-electron chi connectivity index (χ3n) is 1.77. The number of benzene rings is 1. The molecule has 1 rings (SSSR count). The van der Waals surface area contributed by atoms with Gasteiger partial charge in [-0.05, 0) is 23.8 Å². The lowest BCUT2D eigenvalue weighted by Crippen LogP contribution is -2.15. The average Bonchev–Trinajstić information content (AvgIpc) is 2.08. The molecule has 0 saturated heterocycles. The number of hydrogen-bond donors (Lipinski definition) is 3. The Morgan fingerprint density at radius 3 is 2.79 bits per heavy atom. The standard InChI is InChI=1S/C9H10BrNO3/c10-7-2-1-5(12)3-6(7)8(11)4-9(13)14/h1-3,8,12H,4,11H2,(H,13,14)/t8-/m1/s1. The van der Waals surface area contributed by atoms with E-state index in [2.05, 4.69) is 15.9 Å². The van der Waals surface area contributed by atoms with Crippen LogP contribution in [0.15, 0.2) is 22.7 Å². The van der Waals surface area contributed by atoms with Crippen molar-refractivity contribution in [3.63, 3.8) is 0 Å². The summed E-state index contributed by atoms with van der Waals surface area (Å²) < 4.78 is 0.698. The quantitative estimate of drug-likeness (QED) is 0.771. The zero-order chi connectivity index (χ0) is 10.7. The molecule has 0 aliphatic rings. The number of rotatable bonds is 3. The van der Waals surface area contributed by atoms with Crippen LogP contribution >= 0.6 is 15.9 Å². The van der Waals surface area contributed by atoms with Gasteiger partial charge in [0.2, 0.25) is 0 Å². The molecule has 1 aromatic carbocycles. The number of carboxylic acids is 1. The molecule has 0 amide bonds. The van der Waals surface area contributed by atoms with Crippen LogP contribution in [0.1, 0.15) is 18.0 Å². The lowest BCUT2D eigenvalue weighted by Gasteiger charge is -2.11. The number of aliphatic carboxylic acids is 1. The Labute approximate surface area is 89.5 Å². The smallest absolute Gasteiger partial charge is 0.305 e. The lowest BCUT2D eigenvalue weighted by atomic mass is 10.0. The molecule has 0 aliphatic carbocycles. The Morgan fingerprint density at radius 1 is 1.57 bits per heavy atom. The number of nitrogens with two attached hydrogens (primary N) is 1. The SMILES string of the molecule is N[C@H](CC(=O)O)c1cc(O)ccc1Br. The first-order valence-electron chi connectivity index (χ1n) is 3.96. The molecule has 0 saturated carbocycles. The molecular weight excluding hydrogens is 250 g/mol. The lowest BCUT2D eigenvalue weighted by molar-refractivity contribution is -0.137. The molecule has 0 aliphatic heterocycles. The van der Waals surface area contributed by atoms with Crippen molar-refractivity contribution in [2.45, 2.75) is 12.5 Å². The summed E-state index contributed by atoms with van der Waals surface area (Å²) in [6.45, 7) is 0. The van der Waals surface area contributed by atoms with Crippen molar-refractivity contribution in [3.8, 4) is 5.75 Å². The maximum atomic E-state index is 10.4. The molecule has 0 unspecified atom stereocenters. The summed E-state index contributed by atoms with van der Waals surface area (Å²) in [7, 11) is 0. The molecule has 14 heavy (non-hydrogen) atoms. The Hall–Kier alpha value is -1.07. The topological polar surface area (TPSA) is 83.6 Å². The summed E-state index contributed by atoms with van der Waals surface area (Å²) in [6, 6.07) is 3.97. The first kappa shape index (κ1) is 11.0. The first-order valence-corrected chi connectivity index (χ1v) is 4.76. The van der Waals surface area contributed by atoms with E-state index in [9.17, 15) is 9.90 Å². The van der Waals surface area contributed by atoms with E-state index < -0.39 is 12.0 Å². The highest BCUT2D eigenvalue weighted by molar-refractivity contribution is 9.10. The second kappa shape index (κ2) is 4.43.